The van der Waals surface area contributed by atoms with Gasteiger partial charge in [0.05, 0.1) is 5.56 Å². The quantitative estimate of drug-likeness (QED) is 0.866. The topological polar surface area (TPSA) is 42.2 Å². The molecule has 0 amide bonds. The molecule has 7 heteroatoms. The lowest BCUT2D eigenvalue weighted by Crippen LogP contribution is -2.18. The van der Waals surface area contributed by atoms with Gasteiger partial charge in [-0.05, 0) is 25.6 Å². The molecule has 0 atom stereocenters. The molecule has 0 bridgehead atoms. The zero-order chi connectivity index (χ0) is 14.8. The van der Waals surface area contributed by atoms with Crippen LogP contribution in [0.1, 0.15) is 22.5 Å². The molecule has 1 heterocycles. The van der Waals surface area contributed by atoms with E-state index in [1.54, 1.807) is 20.0 Å². The van der Waals surface area contributed by atoms with Crippen LogP contribution in [-0.4, -0.2) is 22.3 Å². The summed E-state index contributed by atoms with van der Waals surface area (Å²) in [6, 6.07) is 5.30. The fraction of sp³-hybridized carbons (Fsp3) is 0.385. The first kappa shape index (κ1) is 14.5. The first-order chi connectivity index (χ1) is 9.36. The second-order valence-electron chi connectivity index (χ2n) is 4.67. The molecule has 0 saturated carbocycles. The summed E-state index contributed by atoms with van der Waals surface area (Å²) in [5.74, 6) is 0. The maximum absolute atomic E-state index is 12.6. The van der Waals surface area contributed by atoms with Crippen LogP contribution in [0.4, 0.5) is 13.2 Å². The Morgan fingerprint density at radius 3 is 2.55 bits per heavy atom. The van der Waals surface area contributed by atoms with E-state index in [1.165, 1.54) is 6.07 Å². The number of halogens is 3. The van der Waals surface area contributed by atoms with Crippen molar-refractivity contribution in [1.82, 2.24) is 15.2 Å². The lowest BCUT2D eigenvalue weighted by molar-refractivity contribution is -0.137. The van der Waals surface area contributed by atoms with Gasteiger partial charge in [-0.15, -0.1) is 0 Å². The normalized spacial score (nSPS) is 12.1. The van der Waals surface area contributed by atoms with Crippen LogP contribution in [-0.2, 0) is 19.3 Å². The van der Waals surface area contributed by atoms with E-state index in [1.807, 2.05) is 4.90 Å². The van der Waals surface area contributed by atoms with Crippen LogP contribution in [0.3, 0.4) is 0 Å². The molecule has 0 fully saturated rings. The first-order valence-corrected chi connectivity index (χ1v) is 5.99. The van der Waals surface area contributed by atoms with Crippen molar-refractivity contribution < 1.29 is 17.8 Å². The Morgan fingerprint density at radius 2 is 1.95 bits per heavy atom. The zero-order valence-electron chi connectivity index (χ0n) is 11.1. The maximum atomic E-state index is 12.6. The molecule has 4 nitrogen and oxygen atoms in total. The summed E-state index contributed by atoms with van der Waals surface area (Å²) >= 11 is 0. The van der Waals surface area contributed by atoms with Crippen LogP contribution in [0.15, 0.2) is 28.9 Å². The van der Waals surface area contributed by atoms with Gasteiger partial charge in [-0.2, -0.15) is 13.2 Å². The highest BCUT2D eigenvalue weighted by Crippen LogP contribution is 2.29. The summed E-state index contributed by atoms with van der Waals surface area (Å²) in [6.45, 7) is 2.62. The van der Waals surface area contributed by atoms with E-state index >= 15 is 0 Å². The van der Waals surface area contributed by atoms with Crippen molar-refractivity contribution in [2.24, 2.45) is 0 Å². The monoisotopic (exact) mass is 285 g/mol. The Kier molecular flexibility index (Phi) is 4.08. The summed E-state index contributed by atoms with van der Waals surface area (Å²) < 4.78 is 42.4. The van der Waals surface area contributed by atoms with Gasteiger partial charge in [-0.1, -0.05) is 28.5 Å². The highest BCUT2D eigenvalue weighted by molar-refractivity contribution is 5.25. The molecule has 0 radical (unpaired) electrons. The van der Waals surface area contributed by atoms with Crippen molar-refractivity contribution in [3.05, 3.63) is 46.8 Å². The van der Waals surface area contributed by atoms with Gasteiger partial charge in [-0.25, -0.2) is 4.63 Å². The van der Waals surface area contributed by atoms with E-state index in [4.69, 9.17) is 0 Å². The minimum Gasteiger partial charge on any atom is -0.296 e. The van der Waals surface area contributed by atoms with Gasteiger partial charge in [0.25, 0.3) is 0 Å². The smallest absolute Gasteiger partial charge is 0.296 e. The summed E-state index contributed by atoms with van der Waals surface area (Å²) in [4.78, 5) is 1.85. The van der Waals surface area contributed by atoms with Gasteiger partial charge >= 0.3 is 6.18 Å². The Balaban J connectivity index is 2.05. The first-order valence-electron chi connectivity index (χ1n) is 5.99. The van der Waals surface area contributed by atoms with Crippen LogP contribution in [0.25, 0.3) is 0 Å². The highest BCUT2D eigenvalue weighted by Gasteiger charge is 2.30. The number of nitrogens with zero attached hydrogens (tertiary/aromatic N) is 3. The van der Waals surface area contributed by atoms with Crippen molar-refractivity contribution >= 4 is 0 Å². The van der Waals surface area contributed by atoms with E-state index in [0.29, 0.717) is 30.0 Å². The molecule has 2 aromatic rings. The average Bonchev–Trinajstić information content (AvgIpc) is 2.74. The Hall–Kier alpha value is -1.89. The Labute approximate surface area is 114 Å². The van der Waals surface area contributed by atoms with Crippen LogP contribution < -0.4 is 0 Å². The van der Waals surface area contributed by atoms with Crippen molar-refractivity contribution in [1.29, 1.82) is 0 Å². The van der Waals surface area contributed by atoms with Gasteiger partial charge in [-0.3, -0.25) is 4.90 Å². The van der Waals surface area contributed by atoms with Crippen LogP contribution in [0.2, 0.25) is 0 Å². The third kappa shape index (κ3) is 3.57. The maximum Gasteiger partial charge on any atom is 0.416 e. The second-order valence-corrected chi connectivity index (χ2v) is 4.67. The summed E-state index contributed by atoms with van der Waals surface area (Å²) in [5.41, 5.74) is 1.32. The second kappa shape index (κ2) is 5.62. The molecule has 108 valence electrons. The lowest BCUT2D eigenvalue weighted by atomic mass is 10.1. The third-order valence-corrected chi connectivity index (χ3v) is 2.87. The molecule has 0 saturated heterocycles. The SMILES string of the molecule is Cc1nonc1CN(C)Cc1cccc(C(F)(F)F)c1. The number of hydrogen-bond acceptors (Lipinski definition) is 4. The van der Waals surface area contributed by atoms with Gasteiger partial charge < -0.3 is 0 Å². The van der Waals surface area contributed by atoms with E-state index in [9.17, 15) is 13.2 Å². The van der Waals surface area contributed by atoms with Gasteiger partial charge in [0.15, 0.2) is 0 Å². The largest absolute Gasteiger partial charge is 0.416 e. The lowest BCUT2D eigenvalue weighted by Gasteiger charge is -2.16. The number of alkyl halides is 3. The molecule has 0 N–H and O–H groups in total. The fourth-order valence-corrected chi connectivity index (χ4v) is 1.86. The molecule has 0 aliphatic heterocycles. The standard InChI is InChI=1S/C13H14F3N3O/c1-9-12(18-20-17-9)8-19(2)7-10-4-3-5-11(6-10)13(14,15)16/h3-6H,7-8H2,1-2H3. The molecule has 0 aliphatic rings. The van der Waals surface area contributed by atoms with Crippen molar-refractivity contribution in [3.63, 3.8) is 0 Å². The predicted octanol–water partition coefficient (Wildman–Crippen LogP) is 3.03. The number of aryl methyl sites for hydroxylation is 1. The van der Waals surface area contributed by atoms with E-state index in [-0.39, 0.29) is 0 Å². The van der Waals surface area contributed by atoms with Gasteiger partial charge in [0.2, 0.25) is 0 Å². The van der Waals surface area contributed by atoms with Crippen molar-refractivity contribution in [2.45, 2.75) is 26.2 Å². The van der Waals surface area contributed by atoms with Crippen LogP contribution in [0.5, 0.6) is 0 Å². The van der Waals surface area contributed by atoms with E-state index in [0.717, 1.165) is 12.1 Å². The van der Waals surface area contributed by atoms with Crippen LogP contribution in [0, 0.1) is 6.92 Å². The van der Waals surface area contributed by atoms with Crippen molar-refractivity contribution in [3.8, 4) is 0 Å². The number of hydrogen-bond donors (Lipinski definition) is 0. The summed E-state index contributed by atoms with van der Waals surface area (Å²) in [6.07, 6.45) is -4.32. The molecule has 20 heavy (non-hydrogen) atoms. The summed E-state index contributed by atoms with van der Waals surface area (Å²) in [5, 5.41) is 7.41. The Bertz CT molecular complexity index is 580. The molecule has 1 aromatic heterocycles. The highest BCUT2D eigenvalue weighted by atomic mass is 19.4. The predicted molar refractivity (Wildman–Crippen MR) is 65.7 cm³/mol. The molecule has 1 aromatic carbocycles. The number of benzene rings is 1. The van der Waals surface area contributed by atoms with Crippen molar-refractivity contribution in [2.75, 3.05) is 7.05 Å². The molecule has 0 unspecified atom stereocenters. The molecule has 2 rings (SSSR count). The molecule has 0 aliphatic carbocycles. The number of aromatic nitrogens is 2. The molecule has 0 spiro atoms. The number of rotatable bonds is 4. The average molecular weight is 285 g/mol. The minimum absolute atomic E-state index is 0.385. The molecular weight excluding hydrogens is 271 g/mol. The van der Waals surface area contributed by atoms with Gasteiger partial charge in [0.1, 0.15) is 11.4 Å². The van der Waals surface area contributed by atoms with Crippen LogP contribution >= 0.6 is 0 Å². The van der Waals surface area contributed by atoms with E-state index in [2.05, 4.69) is 14.9 Å². The minimum atomic E-state index is -4.32. The third-order valence-electron chi connectivity index (χ3n) is 2.87. The summed E-state index contributed by atoms with van der Waals surface area (Å²) in [7, 11) is 1.80. The Morgan fingerprint density at radius 1 is 1.20 bits per heavy atom. The fourth-order valence-electron chi connectivity index (χ4n) is 1.86. The van der Waals surface area contributed by atoms with E-state index < -0.39 is 11.7 Å². The zero-order valence-corrected chi connectivity index (χ0v) is 11.1. The van der Waals surface area contributed by atoms with Gasteiger partial charge in [0, 0.05) is 13.1 Å². The molecular formula is C13H14F3N3O.